The Morgan fingerprint density at radius 2 is 1.48 bits per heavy atom. The van der Waals surface area contributed by atoms with Gasteiger partial charge in [0.25, 0.3) is 5.91 Å². The van der Waals surface area contributed by atoms with Crippen molar-refractivity contribution >= 4 is 23.8 Å². The molecule has 0 aliphatic carbocycles. The molecular formula is C25H31N3O5. The smallest absolute Gasteiger partial charge is 0.408 e. The largest absolute Gasteiger partial charge is 0.444 e. The van der Waals surface area contributed by atoms with E-state index in [4.69, 9.17) is 4.74 Å². The summed E-state index contributed by atoms with van der Waals surface area (Å²) >= 11 is 0. The van der Waals surface area contributed by atoms with Gasteiger partial charge in [-0.15, -0.1) is 0 Å². The van der Waals surface area contributed by atoms with Crippen molar-refractivity contribution < 1.29 is 23.9 Å². The molecule has 176 valence electrons. The van der Waals surface area contributed by atoms with Gasteiger partial charge in [0.1, 0.15) is 17.7 Å². The summed E-state index contributed by atoms with van der Waals surface area (Å²) in [7, 11) is 0. The number of benzene rings is 2. The number of amides is 4. The molecule has 0 fully saturated rings. The van der Waals surface area contributed by atoms with Crippen LogP contribution in [-0.4, -0.2) is 41.5 Å². The molecule has 8 nitrogen and oxygen atoms in total. The number of carbonyl (C=O) groups is 4. The summed E-state index contributed by atoms with van der Waals surface area (Å²) in [5.41, 5.74) is 1.18. The van der Waals surface area contributed by atoms with Crippen LogP contribution >= 0.6 is 0 Å². The Labute approximate surface area is 194 Å². The molecule has 2 aromatic carbocycles. The third-order valence-corrected chi connectivity index (χ3v) is 4.67. The Hall–Kier alpha value is -3.68. The fourth-order valence-electron chi connectivity index (χ4n) is 3.00. The number of rotatable bonds is 7. The molecule has 0 aliphatic rings. The first-order valence-electron chi connectivity index (χ1n) is 10.7. The zero-order chi connectivity index (χ0) is 24.6. The highest BCUT2D eigenvalue weighted by molar-refractivity contribution is 6.07. The van der Waals surface area contributed by atoms with Crippen LogP contribution in [0.4, 0.5) is 4.79 Å². The first-order chi connectivity index (χ1) is 15.5. The molecule has 2 aromatic rings. The fraction of sp³-hybridized carbons (Fsp3) is 0.360. The molecule has 0 aromatic heterocycles. The minimum atomic E-state index is -1.01. The summed E-state index contributed by atoms with van der Waals surface area (Å²) < 4.78 is 5.27. The van der Waals surface area contributed by atoms with Crippen LogP contribution in [0.1, 0.15) is 49.2 Å². The van der Waals surface area contributed by atoms with E-state index >= 15 is 0 Å². The molecule has 0 radical (unpaired) electrons. The second-order valence-electron chi connectivity index (χ2n) is 8.75. The molecule has 0 aliphatic heterocycles. The molecule has 0 heterocycles. The Bertz CT molecular complexity index is 999. The zero-order valence-electron chi connectivity index (χ0n) is 19.6. The summed E-state index contributed by atoms with van der Waals surface area (Å²) in [5, 5.41) is 7.43. The predicted octanol–water partition coefficient (Wildman–Crippen LogP) is 2.89. The van der Waals surface area contributed by atoms with Crippen LogP contribution in [0.5, 0.6) is 0 Å². The van der Waals surface area contributed by atoms with E-state index in [1.54, 1.807) is 52.0 Å². The van der Waals surface area contributed by atoms with Crippen LogP contribution in [0.15, 0.2) is 54.6 Å². The zero-order valence-corrected chi connectivity index (χ0v) is 19.6. The topological polar surface area (TPSA) is 114 Å². The van der Waals surface area contributed by atoms with E-state index < -0.39 is 41.5 Å². The van der Waals surface area contributed by atoms with Gasteiger partial charge in [-0.3, -0.25) is 19.7 Å². The van der Waals surface area contributed by atoms with E-state index in [0.717, 1.165) is 11.1 Å². The molecule has 0 unspecified atom stereocenters. The highest BCUT2D eigenvalue weighted by atomic mass is 16.6. The average molecular weight is 454 g/mol. The minimum absolute atomic E-state index is 0.197. The highest BCUT2D eigenvalue weighted by Gasteiger charge is 2.27. The Morgan fingerprint density at radius 1 is 0.879 bits per heavy atom. The fourth-order valence-corrected chi connectivity index (χ4v) is 3.00. The molecule has 0 saturated heterocycles. The van der Waals surface area contributed by atoms with Crippen molar-refractivity contribution in [2.75, 3.05) is 0 Å². The monoisotopic (exact) mass is 453 g/mol. The first-order valence-corrected chi connectivity index (χ1v) is 10.7. The van der Waals surface area contributed by atoms with E-state index in [1.807, 2.05) is 30.3 Å². The normalized spacial score (nSPS) is 12.8. The molecule has 0 spiro atoms. The lowest BCUT2D eigenvalue weighted by molar-refractivity contribution is -0.129. The Kier molecular flexibility index (Phi) is 8.73. The molecule has 3 N–H and O–H groups in total. The van der Waals surface area contributed by atoms with Crippen molar-refractivity contribution in [1.29, 1.82) is 0 Å². The van der Waals surface area contributed by atoms with Crippen molar-refractivity contribution in [2.45, 2.75) is 58.7 Å². The second kappa shape index (κ2) is 11.3. The molecule has 4 amide bonds. The van der Waals surface area contributed by atoms with Gasteiger partial charge < -0.3 is 15.4 Å². The maximum Gasteiger partial charge on any atom is 0.408 e. The third-order valence-electron chi connectivity index (χ3n) is 4.67. The van der Waals surface area contributed by atoms with Gasteiger partial charge in [-0.25, -0.2) is 4.79 Å². The van der Waals surface area contributed by atoms with Gasteiger partial charge in [-0.05, 0) is 51.8 Å². The van der Waals surface area contributed by atoms with E-state index in [2.05, 4.69) is 16.0 Å². The molecule has 2 rings (SSSR count). The molecule has 33 heavy (non-hydrogen) atoms. The van der Waals surface area contributed by atoms with Crippen molar-refractivity contribution in [1.82, 2.24) is 16.0 Å². The summed E-state index contributed by atoms with van der Waals surface area (Å²) in [6.07, 6.45) is -0.548. The van der Waals surface area contributed by atoms with Gasteiger partial charge in [-0.1, -0.05) is 48.5 Å². The van der Waals surface area contributed by atoms with Crippen LogP contribution in [-0.2, 0) is 20.7 Å². The lowest BCUT2D eigenvalue weighted by atomic mass is 10.0. The number of hydrogen-bond donors (Lipinski definition) is 3. The van der Waals surface area contributed by atoms with Gasteiger partial charge >= 0.3 is 6.09 Å². The summed E-state index contributed by atoms with van der Waals surface area (Å²) in [6.45, 7) is 8.39. The van der Waals surface area contributed by atoms with E-state index in [0.29, 0.717) is 5.56 Å². The van der Waals surface area contributed by atoms with Crippen molar-refractivity contribution in [2.24, 2.45) is 0 Å². The van der Waals surface area contributed by atoms with Crippen LogP contribution in [0.3, 0.4) is 0 Å². The Balaban J connectivity index is 2.06. The van der Waals surface area contributed by atoms with Crippen LogP contribution in [0, 0.1) is 6.92 Å². The predicted molar refractivity (Wildman–Crippen MR) is 125 cm³/mol. The van der Waals surface area contributed by atoms with Crippen molar-refractivity contribution in [3.63, 3.8) is 0 Å². The number of alkyl carbamates (subject to hydrolysis) is 1. The molecular weight excluding hydrogens is 422 g/mol. The minimum Gasteiger partial charge on any atom is -0.444 e. The number of nitrogens with one attached hydrogen (secondary N) is 3. The quantitative estimate of drug-likeness (QED) is 0.597. The molecule has 0 bridgehead atoms. The van der Waals surface area contributed by atoms with Gasteiger partial charge in [0.2, 0.25) is 11.8 Å². The highest BCUT2D eigenvalue weighted by Crippen LogP contribution is 2.09. The number of aryl methyl sites for hydroxylation is 1. The van der Waals surface area contributed by atoms with Gasteiger partial charge in [-0.2, -0.15) is 0 Å². The lowest BCUT2D eigenvalue weighted by Crippen LogP contribution is -2.54. The van der Waals surface area contributed by atoms with Gasteiger partial charge in [0, 0.05) is 12.0 Å². The Morgan fingerprint density at radius 3 is 2.09 bits per heavy atom. The first kappa shape index (κ1) is 25.6. The molecule has 8 heteroatoms. The van der Waals surface area contributed by atoms with Crippen LogP contribution in [0.25, 0.3) is 0 Å². The maximum atomic E-state index is 12.9. The summed E-state index contributed by atoms with van der Waals surface area (Å²) in [5.74, 6) is -1.78. The maximum absolute atomic E-state index is 12.9. The van der Waals surface area contributed by atoms with E-state index in [9.17, 15) is 19.2 Å². The number of hydrogen-bond acceptors (Lipinski definition) is 5. The number of ether oxygens (including phenoxy) is 1. The summed E-state index contributed by atoms with van der Waals surface area (Å²) in [6, 6.07) is 14.0. The lowest BCUT2D eigenvalue weighted by Gasteiger charge is -2.24. The molecule has 0 saturated carbocycles. The number of imide groups is 1. The third kappa shape index (κ3) is 8.40. The standard InChI is InChI=1S/C25H31N3O5/c1-16-11-9-10-14-19(16)22(30)28-21(29)17(2)26-23(31)20(15-18-12-7-6-8-13-18)27-24(32)33-25(3,4)5/h6-14,17,20H,15H2,1-5H3,(H,26,31)(H,27,32)(H,28,29,30)/t17-,20-/m0/s1. The van der Waals surface area contributed by atoms with Gasteiger partial charge in [0.05, 0.1) is 0 Å². The van der Waals surface area contributed by atoms with E-state index in [-0.39, 0.29) is 6.42 Å². The SMILES string of the molecule is Cc1ccccc1C(=O)NC(=O)[C@H](C)NC(=O)[C@H](Cc1ccccc1)NC(=O)OC(C)(C)C. The van der Waals surface area contributed by atoms with Gasteiger partial charge in [0.15, 0.2) is 0 Å². The summed E-state index contributed by atoms with van der Waals surface area (Å²) in [4.78, 5) is 50.1. The van der Waals surface area contributed by atoms with Crippen molar-refractivity contribution in [3.8, 4) is 0 Å². The average Bonchev–Trinajstić information content (AvgIpc) is 2.72. The number of carbonyl (C=O) groups excluding carboxylic acids is 4. The van der Waals surface area contributed by atoms with Crippen LogP contribution < -0.4 is 16.0 Å². The molecule has 2 atom stereocenters. The van der Waals surface area contributed by atoms with Crippen LogP contribution in [0.2, 0.25) is 0 Å². The second-order valence-corrected chi connectivity index (χ2v) is 8.75. The van der Waals surface area contributed by atoms with Crippen molar-refractivity contribution in [3.05, 3.63) is 71.3 Å². The van der Waals surface area contributed by atoms with E-state index in [1.165, 1.54) is 6.92 Å².